The molecular weight excluding hydrogens is 645 g/mol. The minimum atomic E-state index is -0.0902. The van der Waals surface area contributed by atoms with E-state index in [0.29, 0.717) is 0 Å². The SMILES string of the molecule is CC(C)(C)c1cc2c3c(c1)N(c1cccc4c1oc1ccccc14)c1ccccc1B3c1c(c3c(n1-c1ccccc1)CCCC3)N2c1ccccc1. The highest BCUT2D eigenvalue weighted by Crippen LogP contribution is 2.50. The van der Waals surface area contributed by atoms with Crippen molar-refractivity contribution in [3.8, 4) is 5.69 Å². The summed E-state index contributed by atoms with van der Waals surface area (Å²) in [6.45, 7) is 7.05. The highest BCUT2D eigenvalue weighted by molar-refractivity contribution is 7.00. The monoisotopic (exact) mass is 685 g/mol. The molecule has 0 fully saturated rings. The van der Waals surface area contributed by atoms with Crippen LogP contribution in [-0.2, 0) is 18.3 Å². The molecule has 53 heavy (non-hydrogen) atoms. The Hall–Kier alpha value is -5.94. The van der Waals surface area contributed by atoms with Crippen LogP contribution in [0.5, 0.6) is 0 Å². The van der Waals surface area contributed by atoms with E-state index < -0.39 is 0 Å². The Morgan fingerprint density at radius 3 is 2.02 bits per heavy atom. The predicted octanol–water partition coefficient (Wildman–Crippen LogP) is 10.6. The van der Waals surface area contributed by atoms with Crippen molar-refractivity contribution >= 4 is 79.3 Å². The van der Waals surface area contributed by atoms with Gasteiger partial charge in [-0.3, -0.25) is 0 Å². The van der Waals surface area contributed by atoms with Gasteiger partial charge >= 0.3 is 0 Å². The van der Waals surface area contributed by atoms with Crippen LogP contribution in [0.1, 0.15) is 50.4 Å². The van der Waals surface area contributed by atoms with Gasteiger partial charge in [-0.15, -0.1) is 0 Å². The zero-order chi connectivity index (χ0) is 35.4. The first-order chi connectivity index (χ1) is 26.0. The number of para-hydroxylation sites is 5. The molecule has 0 spiro atoms. The second-order valence-corrected chi connectivity index (χ2v) is 16.0. The first kappa shape index (κ1) is 30.7. The molecule has 4 nitrogen and oxygen atoms in total. The molecule has 1 aliphatic carbocycles. The number of benzene rings is 6. The smallest absolute Gasteiger partial charge is 0.273 e. The molecule has 2 aromatic heterocycles. The molecule has 6 aromatic carbocycles. The molecule has 0 unspecified atom stereocenters. The lowest BCUT2D eigenvalue weighted by Gasteiger charge is -2.44. The van der Waals surface area contributed by atoms with Crippen molar-refractivity contribution in [2.24, 2.45) is 0 Å². The van der Waals surface area contributed by atoms with Crippen LogP contribution >= 0.6 is 0 Å². The average molecular weight is 686 g/mol. The number of fused-ring (bicyclic) bond motifs is 9. The van der Waals surface area contributed by atoms with Crippen molar-refractivity contribution < 1.29 is 4.42 Å². The lowest BCUT2D eigenvalue weighted by molar-refractivity contribution is 0.590. The standard InChI is InChI=1S/C48H40BN3O/c1-48(2,3)31-29-41-44-42(30-31)52(40-27-16-23-35-34-21-11-15-28-43(34)53-46(35)40)39-26-14-12-24-37(39)49(44)47-45(50(41)32-17-6-4-7-18-32)36-22-10-13-25-38(36)51(47)33-19-8-5-9-20-33/h4-9,11-12,14-21,23-24,26-30H,10,13,22,25H2,1-3H3. The fraction of sp³-hybridized carbons (Fsp3) is 0.167. The van der Waals surface area contributed by atoms with Gasteiger partial charge in [0.05, 0.1) is 11.4 Å². The topological polar surface area (TPSA) is 24.6 Å². The summed E-state index contributed by atoms with van der Waals surface area (Å²) >= 11 is 0. The maximum Gasteiger partial charge on any atom is 0.273 e. The first-order valence-corrected chi connectivity index (χ1v) is 19.1. The van der Waals surface area contributed by atoms with Crippen molar-refractivity contribution in [2.45, 2.75) is 51.9 Å². The lowest BCUT2D eigenvalue weighted by atomic mass is 9.34. The van der Waals surface area contributed by atoms with Crippen LogP contribution in [0.15, 0.2) is 144 Å². The van der Waals surface area contributed by atoms with Crippen LogP contribution in [-0.4, -0.2) is 11.3 Å². The molecule has 4 heterocycles. The van der Waals surface area contributed by atoms with E-state index in [1.165, 1.54) is 80.3 Å². The highest BCUT2D eigenvalue weighted by Gasteiger charge is 2.48. The molecule has 11 rings (SSSR count). The molecule has 256 valence electrons. The Morgan fingerprint density at radius 1 is 0.585 bits per heavy atom. The lowest BCUT2D eigenvalue weighted by Crippen LogP contribution is -2.63. The molecule has 0 bridgehead atoms. The van der Waals surface area contributed by atoms with Crippen molar-refractivity contribution in [3.63, 3.8) is 0 Å². The van der Waals surface area contributed by atoms with Gasteiger partial charge in [-0.25, -0.2) is 0 Å². The Bertz CT molecular complexity index is 2740. The normalized spacial score (nSPS) is 14.7. The summed E-state index contributed by atoms with van der Waals surface area (Å²) in [6, 6.07) is 51.4. The Morgan fingerprint density at radius 2 is 1.23 bits per heavy atom. The molecule has 0 N–H and O–H groups in total. The van der Waals surface area contributed by atoms with Gasteiger partial charge < -0.3 is 18.8 Å². The quantitative estimate of drug-likeness (QED) is 0.173. The minimum Gasteiger partial charge on any atom is -0.454 e. The molecular formula is C48H40BN3O. The Labute approximate surface area is 311 Å². The number of hydrogen-bond donors (Lipinski definition) is 0. The zero-order valence-electron chi connectivity index (χ0n) is 30.4. The number of furan rings is 1. The van der Waals surface area contributed by atoms with Gasteiger partial charge in [0, 0.05) is 50.5 Å². The van der Waals surface area contributed by atoms with Crippen molar-refractivity contribution in [1.29, 1.82) is 0 Å². The summed E-state index contributed by atoms with van der Waals surface area (Å²) in [5.74, 6) is 0. The van der Waals surface area contributed by atoms with E-state index in [-0.39, 0.29) is 12.1 Å². The molecule has 5 heteroatoms. The van der Waals surface area contributed by atoms with Gasteiger partial charge in [-0.05, 0) is 108 Å². The fourth-order valence-electron chi connectivity index (χ4n) is 9.54. The molecule has 0 radical (unpaired) electrons. The first-order valence-electron chi connectivity index (χ1n) is 19.1. The molecule has 8 aromatic rings. The van der Waals surface area contributed by atoms with Crippen molar-refractivity contribution in [3.05, 3.63) is 156 Å². The third-order valence-corrected chi connectivity index (χ3v) is 11.9. The molecule has 0 atom stereocenters. The number of nitrogens with zero attached hydrogens (tertiary/aromatic N) is 3. The van der Waals surface area contributed by atoms with Gasteiger partial charge in [0.25, 0.3) is 6.71 Å². The molecule has 0 saturated carbocycles. The third-order valence-electron chi connectivity index (χ3n) is 11.9. The number of aromatic nitrogens is 1. The van der Waals surface area contributed by atoms with E-state index in [1.807, 2.05) is 0 Å². The molecule has 0 amide bonds. The second kappa shape index (κ2) is 11.3. The summed E-state index contributed by atoms with van der Waals surface area (Å²) in [5, 5.41) is 2.28. The van der Waals surface area contributed by atoms with Crippen molar-refractivity contribution in [1.82, 2.24) is 4.57 Å². The third kappa shape index (κ3) is 4.37. The molecule has 0 saturated heterocycles. The molecule has 2 aliphatic heterocycles. The Balaban J connectivity index is 1.31. The van der Waals surface area contributed by atoms with Crippen LogP contribution in [0.2, 0.25) is 0 Å². The van der Waals surface area contributed by atoms with Crippen LogP contribution in [0.25, 0.3) is 27.6 Å². The largest absolute Gasteiger partial charge is 0.454 e. The van der Waals surface area contributed by atoms with E-state index >= 15 is 0 Å². The summed E-state index contributed by atoms with van der Waals surface area (Å²) < 4.78 is 9.44. The van der Waals surface area contributed by atoms with Gasteiger partial charge in [0.2, 0.25) is 0 Å². The van der Waals surface area contributed by atoms with Gasteiger partial charge in [-0.2, -0.15) is 0 Å². The van der Waals surface area contributed by atoms with Crippen LogP contribution in [0.3, 0.4) is 0 Å². The number of anilines is 6. The average Bonchev–Trinajstić information content (AvgIpc) is 3.74. The van der Waals surface area contributed by atoms with Gasteiger partial charge in [0.15, 0.2) is 5.58 Å². The zero-order valence-corrected chi connectivity index (χ0v) is 30.4. The number of rotatable bonds is 3. The summed E-state index contributed by atoms with van der Waals surface area (Å²) in [7, 11) is 0. The van der Waals surface area contributed by atoms with Crippen LogP contribution in [0.4, 0.5) is 34.1 Å². The fourth-order valence-corrected chi connectivity index (χ4v) is 9.54. The van der Waals surface area contributed by atoms with Gasteiger partial charge in [-0.1, -0.05) is 106 Å². The van der Waals surface area contributed by atoms with Gasteiger partial charge in [0.1, 0.15) is 5.58 Å². The van der Waals surface area contributed by atoms with Crippen LogP contribution in [0, 0.1) is 0 Å². The molecule has 3 aliphatic rings. The summed E-state index contributed by atoms with van der Waals surface area (Å²) in [5.41, 5.74) is 18.6. The van der Waals surface area contributed by atoms with Crippen molar-refractivity contribution in [2.75, 3.05) is 9.80 Å². The summed E-state index contributed by atoms with van der Waals surface area (Å²) in [6.07, 6.45) is 4.57. The predicted molar refractivity (Wildman–Crippen MR) is 222 cm³/mol. The maximum atomic E-state index is 6.78. The van der Waals surface area contributed by atoms with Crippen LogP contribution < -0.4 is 26.3 Å². The maximum absolute atomic E-state index is 6.78. The summed E-state index contributed by atoms with van der Waals surface area (Å²) in [4.78, 5) is 5.13. The Kier molecular flexibility index (Phi) is 6.53. The highest BCUT2D eigenvalue weighted by atomic mass is 16.3. The van der Waals surface area contributed by atoms with E-state index in [4.69, 9.17) is 4.42 Å². The minimum absolute atomic E-state index is 0.0251. The van der Waals surface area contributed by atoms with E-state index in [9.17, 15) is 0 Å². The van der Waals surface area contributed by atoms with E-state index in [1.54, 1.807) is 0 Å². The number of hydrogen-bond acceptors (Lipinski definition) is 3. The van der Waals surface area contributed by atoms with E-state index in [2.05, 4.69) is 175 Å². The van der Waals surface area contributed by atoms with E-state index in [0.717, 1.165) is 40.5 Å². The second-order valence-electron chi connectivity index (χ2n) is 16.0.